The highest BCUT2D eigenvalue weighted by Crippen LogP contribution is 2.31. The van der Waals surface area contributed by atoms with Crippen molar-refractivity contribution < 1.29 is 27.9 Å². The number of para-hydroxylation sites is 1. The SMILES string of the molecule is O=C(O)Cc1csc(NC(=O)c2ccc(CNc3ccccc3SCCC(F)(F)F)s2)n1. The van der Waals surface area contributed by atoms with Gasteiger partial charge in [0.2, 0.25) is 0 Å². The van der Waals surface area contributed by atoms with Crippen LogP contribution in [0.3, 0.4) is 0 Å². The van der Waals surface area contributed by atoms with Crippen molar-refractivity contribution in [1.82, 2.24) is 4.98 Å². The fourth-order valence-corrected chi connectivity index (χ4v) is 5.12. The summed E-state index contributed by atoms with van der Waals surface area (Å²) in [7, 11) is 0. The first-order valence-corrected chi connectivity index (χ1v) is 12.0. The Labute approximate surface area is 193 Å². The number of thioether (sulfide) groups is 1. The number of rotatable bonds is 10. The van der Waals surface area contributed by atoms with Crippen LogP contribution >= 0.6 is 34.4 Å². The quantitative estimate of drug-likeness (QED) is 0.307. The van der Waals surface area contributed by atoms with Gasteiger partial charge < -0.3 is 10.4 Å². The smallest absolute Gasteiger partial charge is 0.389 e. The standard InChI is InChI=1S/C20H18F3N3O3S3/c21-20(22,23)7-8-30-15-4-2-1-3-14(15)24-10-13-5-6-16(32-13)18(29)26-19-25-12(11-31-19)9-17(27)28/h1-6,11,24H,7-10H2,(H,27,28)(H,25,26,29). The molecule has 3 N–H and O–H groups in total. The van der Waals surface area contributed by atoms with Crippen LogP contribution < -0.4 is 10.6 Å². The summed E-state index contributed by atoms with van der Waals surface area (Å²) < 4.78 is 37.2. The average molecular weight is 502 g/mol. The van der Waals surface area contributed by atoms with Crippen LogP contribution in [0.15, 0.2) is 46.7 Å². The van der Waals surface area contributed by atoms with E-state index in [1.54, 1.807) is 41.8 Å². The summed E-state index contributed by atoms with van der Waals surface area (Å²) in [5.41, 5.74) is 1.11. The van der Waals surface area contributed by atoms with E-state index < -0.39 is 18.6 Å². The molecule has 0 saturated carbocycles. The first-order chi connectivity index (χ1) is 15.2. The third kappa shape index (κ3) is 7.53. The monoisotopic (exact) mass is 501 g/mol. The Bertz CT molecular complexity index is 1080. The van der Waals surface area contributed by atoms with Gasteiger partial charge in [0.15, 0.2) is 5.13 Å². The summed E-state index contributed by atoms with van der Waals surface area (Å²) in [6.45, 7) is 0.412. The lowest BCUT2D eigenvalue weighted by Crippen LogP contribution is -2.10. The number of hydrogen-bond donors (Lipinski definition) is 3. The third-order valence-electron chi connectivity index (χ3n) is 3.97. The van der Waals surface area contributed by atoms with Gasteiger partial charge in [-0.2, -0.15) is 13.2 Å². The molecule has 3 rings (SSSR count). The first kappa shape index (κ1) is 24.1. The summed E-state index contributed by atoms with van der Waals surface area (Å²) in [5, 5.41) is 16.6. The number of benzene rings is 1. The maximum Gasteiger partial charge on any atom is 0.389 e. The number of aromatic nitrogens is 1. The van der Waals surface area contributed by atoms with Gasteiger partial charge in [0.05, 0.1) is 23.4 Å². The number of thiophene rings is 1. The lowest BCUT2D eigenvalue weighted by Gasteiger charge is -2.11. The number of carboxylic acids is 1. The molecule has 0 radical (unpaired) electrons. The zero-order valence-corrected chi connectivity index (χ0v) is 18.9. The van der Waals surface area contributed by atoms with Gasteiger partial charge >= 0.3 is 12.1 Å². The largest absolute Gasteiger partial charge is 0.481 e. The topological polar surface area (TPSA) is 91.3 Å². The fourth-order valence-electron chi connectivity index (χ4n) is 2.55. The summed E-state index contributed by atoms with van der Waals surface area (Å²) in [4.78, 5) is 29.3. The number of thiazole rings is 1. The normalized spacial score (nSPS) is 11.3. The molecule has 0 fully saturated rings. The second kappa shape index (κ2) is 10.8. The van der Waals surface area contributed by atoms with Gasteiger partial charge in [-0.25, -0.2) is 4.98 Å². The molecule has 2 heterocycles. The molecule has 0 atom stereocenters. The average Bonchev–Trinajstić information content (AvgIpc) is 3.35. The zero-order chi connectivity index (χ0) is 23.1. The molecule has 32 heavy (non-hydrogen) atoms. The number of carboxylic acid groups (broad SMARTS) is 1. The van der Waals surface area contributed by atoms with E-state index in [1.807, 2.05) is 0 Å². The Kier molecular flexibility index (Phi) is 8.15. The first-order valence-electron chi connectivity index (χ1n) is 9.28. The molecule has 1 amide bonds. The Balaban J connectivity index is 1.55. The van der Waals surface area contributed by atoms with Crippen molar-refractivity contribution in [2.24, 2.45) is 0 Å². The van der Waals surface area contributed by atoms with Crippen LogP contribution in [0.25, 0.3) is 0 Å². The van der Waals surface area contributed by atoms with Gasteiger partial charge in [-0.15, -0.1) is 34.4 Å². The summed E-state index contributed by atoms with van der Waals surface area (Å²) in [5.74, 6) is -1.40. The van der Waals surface area contributed by atoms with Crippen molar-refractivity contribution in [1.29, 1.82) is 0 Å². The highest BCUT2D eigenvalue weighted by molar-refractivity contribution is 7.99. The zero-order valence-electron chi connectivity index (χ0n) is 16.4. The number of halogens is 3. The molecule has 0 unspecified atom stereocenters. The van der Waals surface area contributed by atoms with E-state index in [4.69, 9.17) is 5.11 Å². The van der Waals surface area contributed by atoms with Crippen molar-refractivity contribution >= 4 is 57.1 Å². The van der Waals surface area contributed by atoms with E-state index in [-0.39, 0.29) is 18.1 Å². The van der Waals surface area contributed by atoms with Crippen LogP contribution in [0.5, 0.6) is 0 Å². The van der Waals surface area contributed by atoms with Crippen LogP contribution in [0.2, 0.25) is 0 Å². The van der Waals surface area contributed by atoms with Gasteiger partial charge in [0, 0.05) is 33.1 Å². The van der Waals surface area contributed by atoms with Crippen molar-refractivity contribution in [3.8, 4) is 0 Å². The molecule has 12 heteroatoms. The molecule has 0 aliphatic rings. The van der Waals surface area contributed by atoms with Gasteiger partial charge in [-0.05, 0) is 24.3 Å². The second-order valence-electron chi connectivity index (χ2n) is 6.50. The van der Waals surface area contributed by atoms with E-state index in [2.05, 4.69) is 15.6 Å². The molecule has 6 nitrogen and oxygen atoms in total. The fraction of sp³-hybridized carbons (Fsp3) is 0.250. The molecule has 0 saturated heterocycles. The molecule has 0 aliphatic carbocycles. The Morgan fingerprint density at radius 2 is 1.94 bits per heavy atom. The number of nitrogens with one attached hydrogen (secondary N) is 2. The molecule has 0 bridgehead atoms. The second-order valence-corrected chi connectivity index (χ2v) is 9.66. The number of carbonyl (C=O) groups is 2. The Morgan fingerprint density at radius 3 is 2.69 bits per heavy atom. The summed E-state index contributed by atoms with van der Waals surface area (Å²) in [6, 6.07) is 10.6. The van der Waals surface area contributed by atoms with Crippen LogP contribution in [-0.4, -0.2) is 33.9 Å². The number of alkyl halides is 3. The van der Waals surface area contributed by atoms with Crippen molar-refractivity contribution in [3.63, 3.8) is 0 Å². The van der Waals surface area contributed by atoms with E-state index in [0.29, 0.717) is 22.2 Å². The van der Waals surface area contributed by atoms with E-state index in [9.17, 15) is 22.8 Å². The van der Waals surface area contributed by atoms with Crippen molar-refractivity contribution in [2.45, 2.75) is 30.5 Å². The van der Waals surface area contributed by atoms with Crippen molar-refractivity contribution in [2.75, 3.05) is 16.4 Å². The number of aliphatic carboxylic acids is 1. The highest BCUT2D eigenvalue weighted by Gasteiger charge is 2.26. The lowest BCUT2D eigenvalue weighted by atomic mass is 10.3. The van der Waals surface area contributed by atoms with Crippen LogP contribution in [0.4, 0.5) is 24.0 Å². The minimum Gasteiger partial charge on any atom is -0.481 e. The molecule has 0 aliphatic heterocycles. The molecule has 170 valence electrons. The Morgan fingerprint density at radius 1 is 1.16 bits per heavy atom. The van der Waals surface area contributed by atoms with Gasteiger partial charge in [-0.3, -0.25) is 14.9 Å². The predicted octanol–water partition coefficient (Wildman–Crippen LogP) is 5.74. The summed E-state index contributed by atoms with van der Waals surface area (Å²) >= 11 is 3.57. The highest BCUT2D eigenvalue weighted by atomic mass is 32.2. The number of hydrogen-bond acceptors (Lipinski definition) is 7. The van der Waals surface area contributed by atoms with E-state index in [0.717, 1.165) is 38.6 Å². The van der Waals surface area contributed by atoms with Gasteiger partial charge in [-0.1, -0.05) is 12.1 Å². The third-order valence-corrected chi connectivity index (χ3v) is 6.94. The molecule has 2 aromatic heterocycles. The predicted molar refractivity (Wildman–Crippen MR) is 121 cm³/mol. The van der Waals surface area contributed by atoms with Crippen LogP contribution in [0.1, 0.15) is 26.7 Å². The van der Waals surface area contributed by atoms with Crippen LogP contribution in [-0.2, 0) is 17.8 Å². The maximum absolute atomic E-state index is 12.4. The van der Waals surface area contributed by atoms with Gasteiger partial charge in [0.1, 0.15) is 0 Å². The van der Waals surface area contributed by atoms with Crippen molar-refractivity contribution in [3.05, 3.63) is 57.2 Å². The van der Waals surface area contributed by atoms with E-state index in [1.165, 1.54) is 11.3 Å². The number of nitrogens with zero attached hydrogens (tertiary/aromatic N) is 1. The summed E-state index contributed by atoms with van der Waals surface area (Å²) in [6.07, 6.45) is -5.25. The van der Waals surface area contributed by atoms with Gasteiger partial charge in [0.25, 0.3) is 5.91 Å². The number of amides is 1. The lowest BCUT2D eigenvalue weighted by molar-refractivity contribution is -0.136. The number of carbonyl (C=O) groups excluding carboxylic acids is 1. The maximum atomic E-state index is 12.4. The molecular weight excluding hydrogens is 483 g/mol. The minimum absolute atomic E-state index is 0.0591. The minimum atomic E-state index is -4.18. The van der Waals surface area contributed by atoms with E-state index >= 15 is 0 Å². The molecule has 3 aromatic rings. The molecule has 0 spiro atoms. The Hall–Kier alpha value is -2.57. The molecular formula is C20H18F3N3O3S3. The number of anilines is 2. The van der Waals surface area contributed by atoms with Crippen LogP contribution in [0, 0.1) is 0 Å². The molecule has 1 aromatic carbocycles.